The highest BCUT2D eigenvalue weighted by atomic mass is 35.5. The Morgan fingerprint density at radius 3 is 2.26 bits per heavy atom. The molecule has 0 fully saturated rings. The van der Waals surface area contributed by atoms with Gasteiger partial charge in [0.25, 0.3) is 0 Å². The second kappa shape index (κ2) is 6.84. The van der Waals surface area contributed by atoms with Crippen molar-refractivity contribution in [2.24, 2.45) is 0 Å². The molecule has 1 N–H and O–H groups in total. The van der Waals surface area contributed by atoms with E-state index in [1.165, 1.54) is 7.11 Å². The van der Waals surface area contributed by atoms with Crippen molar-refractivity contribution in [2.75, 3.05) is 12.4 Å². The number of halogens is 1. The molecule has 0 heterocycles. The lowest BCUT2D eigenvalue weighted by atomic mass is 9.83. The van der Waals surface area contributed by atoms with Crippen LogP contribution < -0.4 is 5.32 Å². The minimum absolute atomic E-state index is 0.226. The van der Waals surface area contributed by atoms with Crippen molar-refractivity contribution >= 4 is 29.2 Å². The molecular weight excluding hydrogens is 314 g/mol. The van der Waals surface area contributed by atoms with Crippen LogP contribution in [0.3, 0.4) is 0 Å². The summed E-state index contributed by atoms with van der Waals surface area (Å²) < 4.78 is 4.74. The van der Waals surface area contributed by atoms with Crippen molar-refractivity contribution in [3.8, 4) is 0 Å². The van der Waals surface area contributed by atoms with E-state index in [1.54, 1.807) is 36.4 Å². The Labute approximate surface area is 140 Å². The van der Waals surface area contributed by atoms with Gasteiger partial charge in [-0.15, -0.1) is 0 Å². The van der Waals surface area contributed by atoms with Gasteiger partial charge in [-0.3, -0.25) is 4.79 Å². The van der Waals surface area contributed by atoms with Crippen LogP contribution in [0.4, 0.5) is 5.69 Å². The van der Waals surface area contributed by atoms with Crippen molar-refractivity contribution in [1.82, 2.24) is 0 Å². The molecule has 2 aromatic carbocycles. The van der Waals surface area contributed by atoms with Crippen LogP contribution in [0.15, 0.2) is 48.5 Å². The first kappa shape index (κ1) is 17.0. The van der Waals surface area contributed by atoms with E-state index in [-0.39, 0.29) is 5.91 Å². The lowest BCUT2D eigenvalue weighted by Crippen LogP contribution is -2.35. The average Bonchev–Trinajstić information content (AvgIpc) is 2.55. The number of carbonyl (C=O) groups is 2. The topological polar surface area (TPSA) is 55.4 Å². The lowest BCUT2D eigenvalue weighted by molar-refractivity contribution is -0.120. The van der Waals surface area contributed by atoms with Gasteiger partial charge in [-0.05, 0) is 43.7 Å². The fourth-order valence-corrected chi connectivity index (χ4v) is 2.28. The van der Waals surface area contributed by atoms with E-state index in [0.29, 0.717) is 16.3 Å². The molecule has 0 radical (unpaired) electrons. The third-order valence-electron chi connectivity index (χ3n) is 3.71. The highest BCUT2D eigenvalue weighted by Gasteiger charge is 2.30. The summed E-state index contributed by atoms with van der Waals surface area (Å²) in [5, 5.41) is 3.42. The molecule has 23 heavy (non-hydrogen) atoms. The highest BCUT2D eigenvalue weighted by molar-refractivity contribution is 6.30. The number of anilines is 1. The molecule has 0 bridgehead atoms. The molecule has 0 spiro atoms. The standard InChI is InChI=1S/C18H18ClNO3/c1-18(2,12-8-10-13(19)11-9-12)17(22)20-15-7-5-4-6-14(15)16(21)23-3/h4-11H,1-3H3,(H,20,22). The van der Waals surface area contributed by atoms with Crippen LogP contribution >= 0.6 is 11.6 Å². The fourth-order valence-electron chi connectivity index (χ4n) is 2.16. The third-order valence-corrected chi connectivity index (χ3v) is 3.97. The van der Waals surface area contributed by atoms with Crippen LogP contribution in [0.5, 0.6) is 0 Å². The second-order valence-electron chi connectivity index (χ2n) is 5.62. The maximum atomic E-state index is 12.7. The molecule has 0 aliphatic carbocycles. The summed E-state index contributed by atoms with van der Waals surface area (Å²) in [7, 11) is 1.30. The van der Waals surface area contributed by atoms with Crippen molar-refractivity contribution in [2.45, 2.75) is 19.3 Å². The van der Waals surface area contributed by atoms with E-state index in [1.807, 2.05) is 26.0 Å². The molecule has 0 unspecified atom stereocenters. The van der Waals surface area contributed by atoms with Crippen molar-refractivity contribution < 1.29 is 14.3 Å². The Balaban J connectivity index is 2.28. The van der Waals surface area contributed by atoms with Crippen molar-refractivity contribution in [3.63, 3.8) is 0 Å². The van der Waals surface area contributed by atoms with E-state index in [0.717, 1.165) is 5.56 Å². The van der Waals surface area contributed by atoms with Gasteiger partial charge in [-0.1, -0.05) is 35.9 Å². The number of amides is 1. The molecule has 0 aliphatic rings. The Kier molecular flexibility index (Phi) is 5.06. The SMILES string of the molecule is COC(=O)c1ccccc1NC(=O)C(C)(C)c1ccc(Cl)cc1. The Bertz CT molecular complexity index is 723. The normalized spacial score (nSPS) is 11.0. The molecule has 5 heteroatoms. The number of esters is 1. The smallest absolute Gasteiger partial charge is 0.339 e. The molecule has 1 amide bonds. The summed E-state index contributed by atoms with van der Waals surface area (Å²) >= 11 is 5.89. The van der Waals surface area contributed by atoms with E-state index >= 15 is 0 Å². The van der Waals surface area contributed by atoms with Gasteiger partial charge in [-0.2, -0.15) is 0 Å². The summed E-state index contributed by atoms with van der Waals surface area (Å²) in [5.74, 6) is -0.721. The van der Waals surface area contributed by atoms with Gasteiger partial charge in [0.2, 0.25) is 5.91 Å². The molecule has 4 nitrogen and oxygen atoms in total. The largest absolute Gasteiger partial charge is 0.465 e. The fraction of sp³-hybridized carbons (Fsp3) is 0.222. The van der Waals surface area contributed by atoms with Crippen molar-refractivity contribution in [3.05, 3.63) is 64.7 Å². The minimum atomic E-state index is -0.784. The predicted octanol–water partition coefficient (Wildman–Crippen LogP) is 4.04. The average molecular weight is 332 g/mol. The Morgan fingerprint density at radius 1 is 1.04 bits per heavy atom. The maximum absolute atomic E-state index is 12.7. The number of benzene rings is 2. The minimum Gasteiger partial charge on any atom is -0.465 e. The molecule has 2 rings (SSSR count). The molecule has 120 valence electrons. The number of ether oxygens (including phenoxy) is 1. The first-order valence-corrected chi connectivity index (χ1v) is 7.49. The zero-order chi connectivity index (χ0) is 17.0. The number of nitrogens with one attached hydrogen (secondary N) is 1. The van der Waals surface area contributed by atoms with Crippen LogP contribution in [0.1, 0.15) is 29.8 Å². The molecular formula is C18H18ClNO3. The Morgan fingerprint density at radius 2 is 1.65 bits per heavy atom. The second-order valence-corrected chi connectivity index (χ2v) is 6.06. The molecule has 0 aliphatic heterocycles. The molecule has 0 aromatic heterocycles. The van der Waals surface area contributed by atoms with Gasteiger partial charge in [0.15, 0.2) is 0 Å². The van der Waals surface area contributed by atoms with Gasteiger partial charge in [0.1, 0.15) is 0 Å². The van der Waals surface area contributed by atoms with Crippen LogP contribution in [-0.4, -0.2) is 19.0 Å². The monoisotopic (exact) mass is 331 g/mol. The number of para-hydroxylation sites is 1. The number of hydrogen-bond acceptors (Lipinski definition) is 3. The van der Waals surface area contributed by atoms with E-state index in [4.69, 9.17) is 16.3 Å². The summed E-state index contributed by atoms with van der Waals surface area (Å²) in [5.41, 5.74) is 0.782. The van der Waals surface area contributed by atoms with Crippen molar-refractivity contribution in [1.29, 1.82) is 0 Å². The number of hydrogen-bond donors (Lipinski definition) is 1. The number of rotatable bonds is 4. The number of methoxy groups -OCH3 is 1. The number of carbonyl (C=O) groups excluding carboxylic acids is 2. The van der Waals surface area contributed by atoms with Crippen LogP contribution in [0.2, 0.25) is 5.02 Å². The van der Waals surface area contributed by atoms with E-state index < -0.39 is 11.4 Å². The summed E-state index contributed by atoms with van der Waals surface area (Å²) in [6.45, 7) is 3.62. The molecule has 2 aromatic rings. The summed E-state index contributed by atoms with van der Waals surface area (Å²) in [6, 6.07) is 13.9. The first-order chi connectivity index (χ1) is 10.9. The van der Waals surface area contributed by atoms with Crippen LogP contribution in [0.25, 0.3) is 0 Å². The van der Waals surface area contributed by atoms with Gasteiger partial charge in [-0.25, -0.2) is 4.79 Å². The van der Waals surface area contributed by atoms with E-state index in [2.05, 4.69) is 5.32 Å². The first-order valence-electron chi connectivity index (χ1n) is 7.11. The molecule has 0 saturated heterocycles. The molecule has 0 saturated carbocycles. The maximum Gasteiger partial charge on any atom is 0.339 e. The van der Waals surface area contributed by atoms with Crippen LogP contribution in [0, 0.1) is 0 Å². The quantitative estimate of drug-likeness (QED) is 0.860. The third kappa shape index (κ3) is 3.71. The Hall–Kier alpha value is -2.33. The summed E-state index contributed by atoms with van der Waals surface area (Å²) in [4.78, 5) is 24.5. The zero-order valence-electron chi connectivity index (χ0n) is 13.2. The van der Waals surface area contributed by atoms with Gasteiger partial charge in [0, 0.05) is 5.02 Å². The molecule has 0 atom stereocenters. The summed E-state index contributed by atoms with van der Waals surface area (Å²) in [6.07, 6.45) is 0. The van der Waals surface area contributed by atoms with Gasteiger partial charge < -0.3 is 10.1 Å². The lowest BCUT2D eigenvalue weighted by Gasteiger charge is -2.24. The van der Waals surface area contributed by atoms with E-state index in [9.17, 15) is 9.59 Å². The van der Waals surface area contributed by atoms with Gasteiger partial charge in [0.05, 0.1) is 23.8 Å². The zero-order valence-corrected chi connectivity index (χ0v) is 14.0. The van der Waals surface area contributed by atoms with Gasteiger partial charge >= 0.3 is 5.97 Å². The van der Waals surface area contributed by atoms with Crippen LogP contribution in [-0.2, 0) is 14.9 Å². The predicted molar refractivity (Wildman–Crippen MR) is 90.9 cm³/mol. The highest BCUT2D eigenvalue weighted by Crippen LogP contribution is 2.27.